The molecule has 0 spiro atoms. The fraction of sp³-hybridized carbons (Fsp3) is 0.667. The lowest BCUT2D eigenvalue weighted by molar-refractivity contribution is -0.132. The smallest absolute Gasteiger partial charge is 0.236 e. The van der Waals surface area contributed by atoms with Gasteiger partial charge in [-0.25, -0.2) is 0 Å². The Morgan fingerprint density at radius 2 is 2.45 bits per heavy atom. The number of amides is 1. The summed E-state index contributed by atoms with van der Waals surface area (Å²) in [6.45, 7) is 5.27. The van der Waals surface area contributed by atoms with Crippen molar-refractivity contribution in [1.82, 2.24) is 9.80 Å². The van der Waals surface area contributed by atoms with E-state index < -0.39 is 0 Å². The first-order chi connectivity index (χ1) is 9.56. The molecule has 20 heavy (non-hydrogen) atoms. The third-order valence-corrected chi connectivity index (χ3v) is 4.90. The van der Waals surface area contributed by atoms with E-state index in [0.29, 0.717) is 19.0 Å². The van der Waals surface area contributed by atoms with Crippen LogP contribution in [-0.4, -0.2) is 48.4 Å². The average molecular weight is 295 g/mol. The fourth-order valence-corrected chi connectivity index (χ4v) is 3.46. The molecule has 1 aromatic rings. The Labute approximate surface area is 125 Å². The van der Waals surface area contributed by atoms with Gasteiger partial charge in [0.1, 0.15) is 0 Å². The van der Waals surface area contributed by atoms with Crippen LogP contribution in [0.1, 0.15) is 24.6 Å². The van der Waals surface area contributed by atoms with Gasteiger partial charge < -0.3 is 10.6 Å². The number of likely N-dealkylation sites (N-methyl/N-ethyl adjacent to an activating group) is 1. The number of likely N-dealkylation sites (tertiary alicyclic amines) is 1. The highest BCUT2D eigenvalue weighted by Crippen LogP contribution is 2.19. The van der Waals surface area contributed by atoms with Crippen molar-refractivity contribution in [3.8, 4) is 0 Å². The zero-order valence-corrected chi connectivity index (χ0v) is 13.2. The van der Waals surface area contributed by atoms with E-state index in [2.05, 4.69) is 17.9 Å². The molecule has 112 valence electrons. The first-order valence-corrected chi connectivity index (χ1v) is 8.18. The number of piperidine rings is 1. The Bertz CT molecular complexity index is 419. The third kappa shape index (κ3) is 4.30. The van der Waals surface area contributed by atoms with Gasteiger partial charge in [0.25, 0.3) is 0 Å². The zero-order chi connectivity index (χ0) is 14.5. The molecule has 0 aliphatic carbocycles. The predicted molar refractivity (Wildman–Crippen MR) is 83.6 cm³/mol. The highest BCUT2D eigenvalue weighted by atomic mass is 32.1. The molecule has 0 saturated carbocycles. The van der Waals surface area contributed by atoms with Crippen LogP contribution in [0.15, 0.2) is 17.5 Å². The van der Waals surface area contributed by atoms with Crippen molar-refractivity contribution in [3.05, 3.63) is 22.4 Å². The summed E-state index contributed by atoms with van der Waals surface area (Å²) >= 11 is 1.70. The van der Waals surface area contributed by atoms with Gasteiger partial charge in [0, 0.05) is 24.5 Å². The van der Waals surface area contributed by atoms with Crippen LogP contribution in [0.4, 0.5) is 0 Å². The number of nitrogens with two attached hydrogens (primary N) is 1. The second-order valence-corrected chi connectivity index (χ2v) is 6.86. The van der Waals surface area contributed by atoms with Crippen LogP contribution in [0, 0.1) is 5.92 Å². The van der Waals surface area contributed by atoms with Crippen molar-refractivity contribution in [2.45, 2.75) is 32.4 Å². The molecule has 1 saturated heterocycles. The van der Waals surface area contributed by atoms with E-state index in [1.807, 2.05) is 23.4 Å². The van der Waals surface area contributed by atoms with Crippen molar-refractivity contribution in [1.29, 1.82) is 0 Å². The lowest BCUT2D eigenvalue weighted by atomic mass is 9.92. The Balaban J connectivity index is 1.81. The van der Waals surface area contributed by atoms with Crippen LogP contribution in [0.5, 0.6) is 0 Å². The summed E-state index contributed by atoms with van der Waals surface area (Å²) in [5.41, 5.74) is 5.99. The van der Waals surface area contributed by atoms with E-state index in [0.717, 1.165) is 19.5 Å². The fourth-order valence-electron chi connectivity index (χ4n) is 2.70. The van der Waals surface area contributed by atoms with Gasteiger partial charge in [-0.2, -0.15) is 0 Å². The van der Waals surface area contributed by atoms with Crippen molar-refractivity contribution < 1.29 is 4.79 Å². The number of carbonyl (C=O) groups is 1. The van der Waals surface area contributed by atoms with Gasteiger partial charge in [-0.3, -0.25) is 9.69 Å². The molecule has 1 fully saturated rings. The summed E-state index contributed by atoms with van der Waals surface area (Å²) in [6.07, 6.45) is 2.33. The van der Waals surface area contributed by atoms with Crippen LogP contribution in [0.3, 0.4) is 0 Å². The molecule has 1 aliphatic rings. The molecule has 0 aromatic carbocycles. The number of nitrogens with zero attached hydrogens (tertiary/aromatic N) is 2. The maximum atomic E-state index is 12.3. The van der Waals surface area contributed by atoms with Crippen LogP contribution in [-0.2, 0) is 11.3 Å². The molecule has 4 nitrogen and oxygen atoms in total. The Kier molecular flexibility index (Phi) is 5.57. The first kappa shape index (κ1) is 15.5. The zero-order valence-electron chi connectivity index (χ0n) is 12.4. The molecule has 2 unspecified atom stereocenters. The van der Waals surface area contributed by atoms with Crippen molar-refractivity contribution in [2.75, 3.05) is 26.7 Å². The van der Waals surface area contributed by atoms with Gasteiger partial charge in [0.2, 0.25) is 5.91 Å². The molecular formula is C15H25N3OS. The van der Waals surface area contributed by atoms with Gasteiger partial charge in [0.15, 0.2) is 0 Å². The summed E-state index contributed by atoms with van der Waals surface area (Å²) < 4.78 is 0. The van der Waals surface area contributed by atoms with Crippen LogP contribution >= 0.6 is 11.3 Å². The highest BCUT2D eigenvalue weighted by Gasteiger charge is 2.24. The van der Waals surface area contributed by atoms with E-state index >= 15 is 0 Å². The Hall–Kier alpha value is -0.910. The largest absolute Gasteiger partial charge is 0.340 e. The molecule has 2 N–H and O–H groups in total. The predicted octanol–water partition coefficient (Wildman–Crippen LogP) is 1.77. The minimum atomic E-state index is 0.198. The third-order valence-electron chi connectivity index (χ3n) is 4.04. The van der Waals surface area contributed by atoms with E-state index in [4.69, 9.17) is 5.73 Å². The molecule has 2 rings (SSSR count). The lowest BCUT2D eigenvalue weighted by Gasteiger charge is -2.34. The second-order valence-electron chi connectivity index (χ2n) is 5.83. The normalized spacial score (nSPS) is 21.6. The number of hydrogen-bond acceptors (Lipinski definition) is 4. The monoisotopic (exact) mass is 295 g/mol. The molecule has 1 aliphatic heterocycles. The van der Waals surface area contributed by atoms with Crippen LogP contribution in [0.2, 0.25) is 0 Å². The quantitative estimate of drug-likeness (QED) is 0.900. The van der Waals surface area contributed by atoms with Crippen LogP contribution < -0.4 is 5.73 Å². The Morgan fingerprint density at radius 1 is 1.65 bits per heavy atom. The number of carbonyl (C=O) groups excluding carboxylic acids is 1. The van der Waals surface area contributed by atoms with E-state index in [9.17, 15) is 4.79 Å². The standard InChI is InChI=1S/C15H25N3OS/c1-12(16)13-5-3-7-18(9-13)11-15(19)17(2)10-14-6-4-8-20-14/h4,6,8,12-13H,3,5,7,9-11,16H2,1-2H3. The molecule has 0 bridgehead atoms. The topological polar surface area (TPSA) is 49.6 Å². The van der Waals surface area contributed by atoms with E-state index in [1.54, 1.807) is 11.3 Å². The molecule has 5 heteroatoms. The maximum absolute atomic E-state index is 12.3. The lowest BCUT2D eigenvalue weighted by Crippen LogP contribution is -2.46. The highest BCUT2D eigenvalue weighted by molar-refractivity contribution is 7.09. The molecule has 1 amide bonds. The SMILES string of the molecule is CC(N)C1CCCN(CC(=O)N(C)Cc2cccs2)C1. The van der Waals surface area contributed by atoms with E-state index in [1.165, 1.54) is 11.3 Å². The van der Waals surface area contributed by atoms with Gasteiger partial charge in [0.05, 0.1) is 13.1 Å². The minimum Gasteiger partial charge on any atom is -0.340 e. The Morgan fingerprint density at radius 3 is 3.10 bits per heavy atom. The summed E-state index contributed by atoms with van der Waals surface area (Å²) in [7, 11) is 1.88. The second kappa shape index (κ2) is 7.20. The van der Waals surface area contributed by atoms with Gasteiger partial charge in [-0.1, -0.05) is 6.07 Å². The van der Waals surface area contributed by atoms with Gasteiger partial charge in [-0.15, -0.1) is 11.3 Å². The number of rotatable bonds is 5. The summed E-state index contributed by atoms with van der Waals surface area (Å²) in [4.78, 5) is 17.6. The van der Waals surface area contributed by atoms with Crippen molar-refractivity contribution >= 4 is 17.2 Å². The van der Waals surface area contributed by atoms with Crippen molar-refractivity contribution in [2.24, 2.45) is 11.7 Å². The molecule has 2 heterocycles. The number of thiophene rings is 1. The maximum Gasteiger partial charge on any atom is 0.236 e. The van der Waals surface area contributed by atoms with Crippen LogP contribution in [0.25, 0.3) is 0 Å². The molecule has 2 atom stereocenters. The molecule has 0 radical (unpaired) electrons. The van der Waals surface area contributed by atoms with E-state index in [-0.39, 0.29) is 11.9 Å². The first-order valence-electron chi connectivity index (χ1n) is 7.30. The average Bonchev–Trinajstić information content (AvgIpc) is 2.91. The van der Waals surface area contributed by atoms with Gasteiger partial charge in [-0.05, 0) is 43.7 Å². The van der Waals surface area contributed by atoms with Gasteiger partial charge >= 0.3 is 0 Å². The summed E-state index contributed by atoms with van der Waals surface area (Å²) in [5, 5.41) is 2.05. The molecular weight excluding hydrogens is 270 g/mol. The minimum absolute atomic E-state index is 0.198. The molecule has 1 aromatic heterocycles. The number of hydrogen-bond donors (Lipinski definition) is 1. The summed E-state index contributed by atoms with van der Waals surface area (Å²) in [5.74, 6) is 0.725. The van der Waals surface area contributed by atoms with Crippen molar-refractivity contribution in [3.63, 3.8) is 0 Å². The summed E-state index contributed by atoms with van der Waals surface area (Å²) in [6, 6.07) is 4.31.